The number of carbonyl (C=O) groups excluding carboxylic acids is 1. The standard InChI is InChI=1S/C27H30N6O/c28-25(34)21-9-4-11-23-24(21)32-27(31-23)22-10-5-14-29-26(22)30-15-6-16-33-17-12-20(13-18-33)19-7-2-1-3-8-19/h1-5,7-11,14,20H,6,12-13,15-18H2,(H2,28,34)(H,29,30)(H,31,32). The first kappa shape index (κ1) is 22.1. The van der Waals surface area contributed by atoms with E-state index in [0.717, 1.165) is 49.5 Å². The summed E-state index contributed by atoms with van der Waals surface area (Å²) in [6.45, 7) is 4.20. The monoisotopic (exact) mass is 454 g/mol. The van der Waals surface area contributed by atoms with Gasteiger partial charge in [-0.2, -0.15) is 0 Å². The predicted molar refractivity (Wildman–Crippen MR) is 136 cm³/mol. The van der Waals surface area contributed by atoms with Crippen LogP contribution in [0.5, 0.6) is 0 Å². The summed E-state index contributed by atoms with van der Waals surface area (Å²) < 4.78 is 0. The van der Waals surface area contributed by atoms with Gasteiger partial charge in [0, 0.05) is 12.7 Å². The largest absolute Gasteiger partial charge is 0.369 e. The summed E-state index contributed by atoms with van der Waals surface area (Å²) in [5, 5.41) is 3.48. The zero-order valence-corrected chi connectivity index (χ0v) is 19.2. The zero-order chi connectivity index (χ0) is 23.3. The number of hydrogen-bond donors (Lipinski definition) is 3. The number of aromatic amines is 1. The molecule has 0 radical (unpaired) electrons. The molecule has 1 fully saturated rings. The van der Waals surface area contributed by atoms with Gasteiger partial charge in [-0.05, 0) is 74.6 Å². The van der Waals surface area contributed by atoms with Crippen LogP contribution in [0, 0.1) is 0 Å². The third kappa shape index (κ3) is 4.79. The molecule has 1 aliphatic rings. The van der Waals surface area contributed by atoms with E-state index in [1.165, 1.54) is 18.4 Å². The average molecular weight is 455 g/mol. The van der Waals surface area contributed by atoms with Crippen molar-refractivity contribution in [1.29, 1.82) is 0 Å². The van der Waals surface area contributed by atoms with Gasteiger partial charge in [-0.1, -0.05) is 36.4 Å². The number of imidazole rings is 1. The highest BCUT2D eigenvalue weighted by Crippen LogP contribution is 2.29. The average Bonchev–Trinajstić information content (AvgIpc) is 3.32. The summed E-state index contributed by atoms with van der Waals surface area (Å²) in [5.74, 6) is 1.65. The first-order chi connectivity index (χ1) is 16.7. The summed E-state index contributed by atoms with van der Waals surface area (Å²) >= 11 is 0. The SMILES string of the molecule is NC(=O)c1cccc2[nH]c(-c3cccnc3NCCCN3CCC(c4ccccc4)CC3)nc12. The van der Waals surface area contributed by atoms with Gasteiger partial charge in [0.05, 0.1) is 16.6 Å². The van der Waals surface area contributed by atoms with Gasteiger partial charge in [0.1, 0.15) is 17.2 Å². The number of primary amides is 1. The number of hydrogen-bond acceptors (Lipinski definition) is 5. The van der Waals surface area contributed by atoms with Gasteiger partial charge in [-0.15, -0.1) is 0 Å². The van der Waals surface area contributed by atoms with Crippen molar-refractivity contribution in [3.63, 3.8) is 0 Å². The highest BCUT2D eigenvalue weighted by atomic mass is 16.1. The number of carbonyl (C=O) groups is 1. The molecule has 0 saturated carbocycles. The molecule has 0 aliphatic carbocycles. The fraction of sp³-hybridized carbons (Fsp3) is 0.296. The Morgan fingerprint density at radius 1 is 1.06 bits per heavy atom. The summed E-state index contributed by atoms with van der Waals surface area (Å²) in [4.78, 5) is 26.8. The van der Waals surface area contributed by atoms with E-state index in [0.29, 0.717) is 22.8 Å². The van der Waals surface area contributed by atoms with E-state index in [-0.39, 0.29) is 0 Å². The number of likely N-dealkylation sites (tertiary alicyclic amines) is 1. The summed E-state index contributed by atoms with van der Waals surface area (Å²) in [6.07, 6.45) is 5.26. The minimum atomic E-state index is -0.485. The molecule has 0 spiro atoms. The van der Waals surface area contributed by atoms with Crippen LogP contribution in [0.4, 0.5) is 5.82 Å². The van der Waals surface area contributed by atoms with Gasteiger partial charge in [0.2, 0.25) is 0 Å². The lowest BCUT2D eigenvalue weighted by Gasteiger charge is -2.32. The number of rotatable bonds is 8. The quantitative estimate of drug-likeness (QED) is 0.343. The second-order valence-electron chi connectivity index (χ2n) is 8.86. The third-order valence-electron chi connectivity index (χ3n) is 6.64. The van der Waals surface area contributed by atoms with Crippen molar-refractivity contribution in [2.75, 3.05) is 31.5 Å². The molecule has 7 heteroatoms. The fourth-order valence-electron chi connectivity index (χ4n) is 4.82. The number of aromatic nitrogens is 3. The van der Waals surface area contributed by atoms with Crippen LogP contribution in [0.1, 0.15) is 41.1 Å². The molecule has 7 nitrogen and oxygen atoms in total. The summed E-state index contributed by atoms with van der Waals surface area (Å²) in [6, 6.07) is 20.1. The van der Waals surface area contributed by atoms with Crippen molar-refractivity contribution in [1.82, 2.24) is 19.9 Å². The molecule has 2 aromatic heterocycles. The van der Waals surface area contributed by atoms with Gasteiger partial charge in [0.25, 0.3) is 5.91 Å². The van der Waals surface area contributed by atoms with Crippen LogP contribution in [0.15, 0.2) is 66.9 Å². The van der Waals surface area contributed by atoms with E-state index in [9.17, 15) is 4.79 Å². The van der Waals surface area contributed by atoms with Crippen LogP contribution >= 0.6 is 0 Å². The molecule has 4 aromatic rings. The lowest BCUT2D eigenvalue weighted by Crippen LogP contribution is -2.34. The molecule has 174 valence electrons. The van der Waals surface area contributed by atoms with Gasteiger partial charge in [-0.3, -0.25) is 4.79 Å². The number of nitrogens with one attached hydrogen (secondary N) is 2. The van der Waals surface area contributed by atoms with Crippen LogP contribution in [0.2, 0.25) is 0 Å². The minimum Gasteiger partial charge on any atom is -0.369 e. The molecule has 0 bridgehead atoms. The van der Waals surface area contributed by atoms with Gasteiger partial charge in [0.15, 0.2) is 0 Å². The fourth-order valence-corrected chi connectivity index (χ4v) is 4.82. The van der Waals surface area contributed by atoms with Crippen molar-refractivity contribution in [2.45, 2.75) is 25.2 Å². The van der Waals surface area contributed by atoms with Gasteiger partial charge in [-0.25, -0.2) is 9.97 Å². The molecule has 1 amide bonds. The number of piperidine rings is 1. The predicted octanol–water partition coefficient (Wildman–Crippen LogP) is 4.41. The number of benzene rings is 2. The molecule has 5 rings (SSSR count). The molecule has 2 aromatic carbocycles. The number of nitrogens with two attached hydrogens (primary N) is 1. The third-order valence-corrected chi connectivity index (χ3v) is 6.64. The Bertz CT molecular complexity index is 1260. The smallest absolute Gasteiger partial charge is 0.250 e. The van der Waals surface area contributed by atoms with E-state index < -0.39 is 5.91 Å². The first-order valence-corrected chi connectivity index (χ1v) is 11.9. The summed E-state index contributed by atoms with van der Waals surface area (Å²) in [7, 11) is 0. The number of fused-ring (bicyclic) bond motifs is 1. The first-order valence-electron chi connectivity index (χ1n) is 11.9. The minimum absolute atomic E-state index is 0.412. The molecule has 0 atom stereocenters. The van der Waals surface area contributed by atoms with Gasteiger partial charge >= 0.3 is 0 Å². The Hall–Kier alpha value is -3.71. The Labute approximate surface area is 199 Å². The molecule has 4 N–H and O–H groups in total. The Kier molecular flexibility index (Phi) is 6.53. The molecule has 1 aliphatic heterocycles. The number of pyridine rings is 1. The second kappa shape index (κ2) is 10.1. The van der Waals surface area contributed by atoms with Crippen molar-refractivity contribution in [3.05, 3.63) is 78.0 Å². The Morgan fingerprint density at radius 3 is 2.68 bits per heavy atom. The van der Waals surface area contributed by atoms with Crippen molar-refractivity contribution >= 4 is 22.8 Å². The lowest BCUT2D eigenvalue weighted by molar-refractivity contribution is 0.100. The molecule has 3 heterocycles. The Morgan fingerprint density at radius 2 is 1.88 bits per heavy atom. The molecular formula is C27H30N6O. The summed E-state index contributed by atoms with van der Waals surface area (Å²) in [5.41, 5.74) is 9.63. The molecule has 0 unspecified atom stereocenters. The van der Waals surface area contributed by atoms with E-state index in [1.807, 2.05) is 18.2 Å². The maximum absolute atomic E-state index is 11.8. The number of para-hydroxylation sites is 1. The van der Waals surface area contributed by atoms with Gasteiger partial charge < -0.3 is 20.9 Å². The van der Waals surface area contributed by atoms with Crippen LogP contribution in [0.3, 0.4) is 0 Å². The lowest BCUT2D eigenvalue weighted by atomic mass is 9.89. The maximum Gasteiger partial charge on any atom is 0.250 e. The van der Waals surface area contributed by atoms with E-state index >= 15 is 0 Å². The Balaban J connectivity index is 1.18. The molecule has 34 heavy (non-hydrogen) atoms. The number of amides is 1. The zero-order valence-electron chi connectivity index (χ0n) is 19.2. The topological polar surface area (TPSA) is 99.9 Å². The van der Waals surface area contributed by atoms with Crippen LogP contribution in [0.25, 0.3) is 22.4 Å². The van der Waals surface area contributed by atoms with Crippen molar-refractivity contribution in [3.8, 4) is 11.4 Å². The number of nitrogens with zero attached hydrogens (tertiary/aromatic N) is 3. The van der Waals surface area contributed by atoms with Crippen LogP contribution < -0.4 is 11.1 Å². The highest BCUT2D eigenvalue weighted by molar-refractivity contribution is 6.04. The van der Waals surface area contributed by atoms with Crippen molar-refractivity contribution in [2.24, 2.45) is 5.73 Å². The van der Waals surface area contributed by atoms with E-state index in [4.69, 9.17) is 5.73 Å². The number of anilines is 1. The maximum atomic E-state index is 11.8. The number of H-pyrrole nitrogens is 1. The highest BCUT2D eigenvalue weighted by Gasteiger charge is 2.20. The van der Waals surface area contributed by atoms with Crippen LogP contribution in [-0.4, -0.2) is 51.9 Å². The second-order valence-corrected chi connectivity index (χ2v) is 8.86. The van der Waals surface area contributed by atoms with E-state index in [2.05, 4.69) is 55.5 Å². The van der Waals surface area contributed by atoms with Crippen molar-refractivity contribution < 1.29 is 4.79 Å². The van der Waals surface area contributed by atoms with Crippen LogP contribution in [-0.2, 0) is 0 Å². The molecule has 1 saturated heterocycles. The normalized spacial score (nSPS) is 14.9. The van der Waals surface area contributed by atoms with E-state index in [1.54, 1.807) is 18.3 Å². The molecular weight excluding hydrogens is 424 g/mol.